The zero-order valence-electron chi connectivity index (χ0n) is 14.9. The topological polar surface area (TPSA) is 82.8 Å². The highest BCUT2D eigenvalue weighted by atomic mass is 16.5. The van der Waals surface area contributed by atoms with E-state index >= 15 is 0 Å². The Labute approximate surface area is 149 Å². The summed E-state index contributed by atoms with van der Waals surface area (Å²) in [6.45, 7) is 1.37. The zero-order chi connectivity index (χ0) is 17.7. The maximum atomic E-state index is 12.6. The van der Waals surface area contributed by atoms with Gasteiger partial charge < -0.3 is 25.3 Å². The Morgan fingerprint density at radius 2 is 2.12 bits per heavy atom. The van der Waals surface area contributed by atoms with Crippen molar-refractivity contribution in [3.63, 3.8) is 0 Å². The van der Waals surface area contributed by atoms with Crippen LogP contribution in [0.2, 0.25) is 0 Å². The molecule has 1 aliphatic heterocycles. The van der Waals surface area contributed by atoms with Gasteiger partial charge in [0.05, 0.1) is 25.4 Å². The smallest absolute Gasteiger partial charge is 0.251 e. The van der Waals surface area contributed by atoms with Gasteiger partial charge >= 0.3 is 0 Å². The van der Waals surface area contributed by atoms with Crippen molar-refractivity contribution in [2.24, 2.45) is 5.73 Å². The van der Waals surface area contributed by atoms with Gasteiger partial charge in [-0.05, 0) is 37.5 Å². The minimum Gasteiger partial charge on any atom is -0.493 e. The fraction of sp³-hybridized carbons (Fsp3) is 0.632. The van der Waals surface area contributed by atoms with Crippen LogP contribution in [-0.2, 0) is 4.74 Å². The van der Waals surface area contributed by atoms with Gasteiger partial charge in [0, 0.05) is 12.1 Å². The third-order valence-corrected chi connectivity index (χ3v) is 5.11. The molecule has 3 N–H and O–H groups in total. The quantitative estimate of drug-likeness (QED) is 0.824. The highest BCUT2D eigenvalue weighted by molar-refractivity contribution is 5.95. The molecule has 3 rings (SSSR count). The van der Waals surface area contributed by atoms with E-state index in [1.54, 1.807) is 25.3 Å². The van der Waals surface area contributed by atoms with Crippen molar-refractivity contribution in [1.29, 1.82) is 0 Å². The number of nitrogens with two attached hydrogens (primary N) is 1. The Kier molecular flexibility index (Phi) is 5.81. The summed E-state index contributed by atoms with van der Waals surface area (Å²) in [5.74, 6) is 1.02. The molecule has 138 valence electrons. The number of benzene rings is 1. The van der Waals surface area contributed by atoms with E-state index in [4.69, 9.17) is 19.9 Å². The molecule has 0 radical (unpaired) electrons. The van der Waals surface area contributed by atoms with Gasteiger partial charge in [0.1, 0.15) is 6.61 Å². The lowest BCUT2D eigenvalue weighted by molar-refractivity contribution is -0.0246. The van der Waals surface area contributed by atoms with E-state index in [2.05, 4.69) is 5.32 Å². The van der Waals surface area contributed by atoms with Crippen molar-refractivity contribution in [3.8, 4) is 11.5 Å². The summed E-state index contributed by atoms with van der Waals surface area (Å²) in [6, 6.07) is 5.27. The van der Waals surface area contributed by atoms with Crippen molar-refractivity contribution in [1.82, 2.24) is 5.32 Å². The van der Waals surface area contributed by atoms with E-state index in [-0.39, 0.29) is 17.6 Å². The lowest BCUT2D eigenvalue weighted by Gasteiger charge is -2.32. The SMILES string of the molecule is COc1ccc(C(=O)N[C@H]2COC3(CCCCC3)C2)cc1OCCN. The number of amides is 1. The van der Waals surface area contributed by atoms with Crippen molar-refractivity contribution >= 4 is 5.91 Å². The van der Waals surface area contributed by atoms with Crippen molar-refractivity contribution in [2.45, 2.75) is 50.2 Å². The van der Waals surface area contributed by atoms with Crippen molar-refractivity contribution in [3.05, 3.63) is 23.8 Å². The Hall–Kier alpha value is -1.79. The monoisotopic (exact) mass is 348 g/mol. The van der Waals surface area contributed by atoms with Crippen LogP contribution < -0.4 is 20.5 Å². The van der Waals surface area contributed by atoms with Gasteiger partial charge in [-0.2, -0.15) is 0 Å². The third kappa shape index (κ3) is 4.25. The van der Waals surface area contributed by atoms with Crippen LogP contribution in [0.25, 0.3) is 0 Å². The fourth-order valence-corrected chi connectivity index (χ4v) is 3.85. The normalized spacial score (nSPS) is 21.9. The van der Waals surface area contributed by atoms with Gasteiger partial charge in [0.25, 0.3) is 5.91 Å². The van der Waals surface area contributed by atoms with E-state index in [9.17, 15) is 4.79 Å². The van der Waals surface area contributed by atoms with Gasteiger partial charge in [0.15, 0.2) is 11.5 Å². The number of rotatable bonds is 6. The summed E-state index contributed by atoms with van der Waals surface area (Å²) >= 11 is 0. The van der Waals surface area contributed by atoms with E-state index in [1.807, 2.05) is 0 Å². The van der Waals surface area contributed by atoms with Crippen molar-refractivity contribution < 1.29 is 19.0 Å². The second kappa shape index (κ2) is 8.06. The van der Waals surface area contributed by atoms with Gasteiger partial charge in [0.2, 0.25) is 0 Å². The van der Waals surface area contributed by atoms with E-state index < -0.39 is 0 Å². The summed E-state index contributed by atoms with van der Waals surface area (Å²) in [5.41, 5.74) is 6.03. The third-order valence-electron chi connectivity index (χ3n) is 5.11. The van der Waals surface area contributed by atoms with Crippen LogP contribution in [0.1, 0.15) is 48.9 Å². The molecule has 1 aromatic carbocycles. The van der Waals surface area contributed by atoms with Crippen LogP contribution in [0.4, 0.5) is 0 Å². The predicted molar refractivity (Wildman–Crippen MR) is 95.2 cm³/mol. The average molecular weight is 348 g/mol. The summed E-state index contributed by atoms with van der Waals surface area (Å²) in [6.07, 6.45) is 6.87. The van der Waals surface area contributed by atoms with Crippen LogP contribution >= 0.6 is 0 Å². The number of ether oxygens (including phenoxy) is 3. The standard InChI is InChI=1S/C19H28N2O4/c1-23-16-6-5-14(11-17(16)24-10-9-20)18(22)21-15-12-19(25-13-15)7-3-2-4-8-19/h5-6,11,15H,2-4,7-10,12-13,20H2,1H3,(H,21,22)/t15-/m1/s1. The number of methoxy groups -OCH3 is 1. The molecule has 6 nitrogen and oxygen atoms in total. The van der Waals surface area contributed by atoms with E-state index in [1.165, 1.54) is 19.3 Å². The maximum absolute atomic E-state index is 12.6. The Bertz CT molecular complexity index is 599. The summed E-state index contributed by atoms with van der Waals surface area (Å²) in [7, 11) is 1.57. The first-order valence-corrected chi connectivity index (χ1v) is 9.11. The number of hydrogen-bond acceptors (Lipinski definition) is 5. The molecule has 1 atom stereocenters. The molecule has 2 aliphatic rings. The fourth-order valence-electron chi connectivity index (χ4n) is 3.85. The molecule has 1 aromatic rings. The summed E-state index contributed by atoms with van der Waals surface area (Å²) in [4.78, 5) is 12.6. The molecular formula is C19H28N2O4. The molecule has 1 spiro atoms. The molecule has 1 amide bonds. The Morgan fingerprint density at radius 1 is 1.32 bits per heavy atom. The molecule has 6 heteroatoms. The lowest BCUT2D eigenvalue weighted by Crippen LogP contribution is -2.37. The molecule has 25 heavy (non-hydrogen) atoms. The van der Waals surface area contributed by atoms with E-state index in [0.717, 1.165) is 19.3 Å². The second-order valence-electron chi connectivity index (χ2n) is 6.93. The number of carbonyl (C=O) groups excluding carboxylic acids is 1. The number of nitrogens with one attached hydrogen (secondary N) is 1. The second-order valence-corrected chi connectivity index (χ2v) is 6.93. The first-order chi connectivity index (χ1) is 12.2. The highest BCUT2D eigenvalue weighted by Gasteiger charge is 2.41. The molecule has 0 bridgehead atoms. The number of hydrogen-bond donors (Lipinski definition) is 2. The zero-order valence-corrected chi connectivity index (χ0v) is 14.9. The molecule has 2 fully saturated rings. The molecule has 1 saturated carbocycles. The van der Waals surface area contributed by atoms with Crippen LogP contribution in [-0.4, -0.2) is 44.4 Å². The first kappa shape index (κ1) is 18.0. The van der Waals surface area contributed by atoms with Gasteiger partial charge in [-0.1, -0.05) is 19.3 Å². The lowest BCUT2D eigenvalue weighted by atomic mass is 9.82. The predicted octanol–water partition coefficient (Wildman–Crippen LogP) is 2.25. The van der Waals surface area contributed by atoms with Crippen LogP contribution in [0.5, 0.6) is 11.5 Å². The molecule has 1 heterocycles. The average Bonchev–Trinajstić information content (AvgIpc) is 3.02. The molecule has 1 saturated heterocycles. The largest absolute Gasteiger partial charge is 0.493 e. The summed E-state index contributed by atoms with van der Waals surface area (Å²) < 4.78 is 16.9. The van der Waals surface area contributed by atoms with E-state index in [0.29, 0.717) is 36.8 Å². The molecule has 1 aliphatic carbocycles. The minimum atomic E-state index is -0.110. The molecule has 0 unspecified atom stereocenters. The Balaban J connectivity index is 1.63. The molecular weight excluding hydrogens is 320 g/mol. The first-order valence-electron chi connectivity index (χ1n) is 9.11. The van der Waals surface area contributed by atoms with Crippen LogP contribution in [0.3, 0.4) is 0 Å². The van der Waals surface area contributed by atoms with Gasteiger partial charge in [-0.3, -0.25) is 4.79 Å². The minimum absolute atomic E-state index is 0.00843. The molecule has 0 aromatic heterocycles. The summed E-state index contributed by atoms with van der Waals surface area (Å²) in [5, 5.41) is 3.10. The van der Waals surface area contributed by atoms with Crippen LogP contribution in [0.15, 0.2) is 18.2 Å². The maximum Gasteiger partial charge on any atom is 0.251 e. The van der Waals surface area contributed by atoms with Crippen molar-refractivity contribution in [2.75, 3.05) is 26.9 Å². The van der Waals surface area contributed by atoms with Crippen LogP contribution in [0, 0.1) is 0 Å². The number of carbonyl (C=O) groups is 1. The highest BCUT2D eigenvalue weighted by Crippen LogP contribution is 2.39. The van der Waals surface area contributed by atoms with Gasteiger partial charge in [-0.15, -0.1) is 0 Å². The van der Waals surface area contributed by atoms with Gasteiger partial charge in [-0.25, -0.2) is 0 Å². The Morgan fingerprint density at radius 3 is 2.84 bits per heavy atom.